The van der Waals surface area contributed by atoms with Crippen molar-refractivity contribution in [1.82, 2.24) is 4.57 Å². The van der Waals surface area contributed by atoms with Crippen molar-refractivity contribution in [2.75, 3.05) is 7.11 Å². The molecule has 0 atom stereocenters. The van der Waals surface area contributed by atoms with E-state index in [1.54, 1.807) is 16.8 Å². The van der Waals surface area contributed by atoms with Gasteiger partial charge < -0.3 is 9.30 Å². The molecule has 1 heterocycles. The van der Waals surface area contributed by atoms with Gasteiger partial charge in [-0.2, -0.15) is 0 Å². The van der Waals surface area contributed by atoms with E-state index in [-0.39, 0.29) is 12.4 Å². The fourth-order valence-electron chi connectivity index (χ4n) is 1.84. The second-order valence-electron chi connectivity index (χ2n) is 3.97. The molecule has 0 radical (unpaired) electrons. The third-order valence-electron chi connectivity index (χ3n) is 2.68. The van der Waals surface area contributed by atoms with Crippen molar-refractivity contribution in [3.05, 3.63) is 48.3 Å². The van der Waals surface area contributed by atoms with E-state index in [4.69, 9.17) is 16.3 Å². The average molecular weight is 278 g/mol. The van der Waals surface area contributed by atoms with Gasteiger partial charge in [-0.05, 0) is 23.2 Å². The standard InChI is InChI=1S/C14H12ClNO3/c1-19-9-16-8-11(10-5-3-2-4-6-10)7-12(16)13(17)14(15)18/h2-8H,9H2,1H3. The monoisotopic (exact) mass is 277 g/mol. The molecule has 0 amide bonds. The quantitative estimate of drug-likeness (QED) is 0.480. The highest BCUT2D eigenvalue weighted by atomic mass is 35.5. The van der Waals surface area contributed by atoms with E-state index < -0.39 is 11.0 Å². The van der Waals surface area contributed by atoms with Crippen LogP contribution in [0.5, 0.6) is 0 Å². The average Bonchev–Trinajstić information content (AvgIpc) is 2.83. The van der Waals surface area contributed by atoms with E-state index in [2.05, 4.69) is 0 Å². The van der Waals surface area contributed by atoms with E-state index in [1.165, 1.54) is 7.11 Å². The number of methoxy groups -OCH3 is 1. The molecule has 5 heteroatoms. The smallest absolute Gasteiger partial charge is 0.294 e. The fourth-order valence-corrected chi connectivity index (χ4v) is 1.93. The highest BCUT2D eigenvalue weighted by Gasteiger charge is 2.19. The zero-order valence-corrected chi connectivity index (χ0v) is 11.1. The van der Waals surface area contributed by atoms with Crippen LogP contribution in [-0.2, 0) is 16.3 Å². The molecule has 0 saturated carbocycles. The minimum absolute atomic E-state index is 0.179. The molecule has 0 bridgehead atoms. The molecular weight excluding hydrogens is 266 g/mol. The molecule has 0 aliphatic heterocycles. The summed E-state index contributed by atoms with van der Waals surface area (Å²) in [5, 5.41) is -1.00. The molecule has 0 aliphatic carbocycles. The van der Waals surface area contributed by atoms with E-state index in [0.717, 1.165) is 11.1 Å². The lowest BCUT2D eigenvalue weighted by Gasteiger charge is -2.04. The summed E-state index contributed by atoms with van der Waals surface area (Å²) in [5.74, 6) is -0.735. The maximum Gasteiger partial charge on any atom is 0.294 e. The Kier molecular flexibility index (Phi) is 4.14. The predicted molar refractivity (Wildman–Crippen MR) is 72.1 cm³/mol. The van der Waals surface area contributed by atoms with Gasteiger partial charge in [-0.25, -0.2) is 0 Å². The predicted octanol–water partition coefficient (Wildman–Crippen LogP) is 2.71. The van der Waals surface area contributed by atoms with Gasteiger partial charge in [0.15, 0.2) is 0 Å². The zero-order valence-electron chi connectivity index (χ0n) is 10.3. The largest absolute Gasteiger partial charge is 0.364 e. The van der Waals surface area contributed by atoms with Crippen molar-refractivity contribution in [3.63, 3.8) is 0 Å². The van der Waals surface area contributed by atoms with Crippen LogP contribution in [0, 0.1) is 0 Å². The molecule has 4 nitrogen and oxygen atoms in total. The first-order valence-electron chi connectivity index (χ1n) is 5.62. The number of hydrogen-bond acceptors (Lipinski definition) is 3. The fraction of sp³-hybridized carbons (Fsp3) is 0.143. The summed E-state index contributed by atoms with van der Waals surface area (Å²) in [4.78, 5) is 22.7. The molecule has 0 fully saturated rings. The van der Waals surface area contributed by atoms with Crippen LogP contribution in [0.2, 0.25) is 0 Å². The van der Waals surface area contributed by atoms with Crippen LogP contribution >= 0.6 is 11.6 Å². The number of halogens is 1. The Morgan fingerprint density at radius 2 is 1.89 bits per heavy atom. The Hall–Kier alpha value is -1.91. The number of carbonyl (C=O) groups excluding carboxylic acids is 2. The van der Waals surface area contributed by atoms with E-state index in [0.29, 0.717) is 0 Å². The lowest BCUT2D eigenvalue weighted by molar-refractivity contribution is -0.108. The van der Waals surface area contributed by atoms with Crippen LogP contribution < -0.4 is 0 Å². The van der Waals surface area contributed by atoms with Crippen LogP contribution in [0.3, 0.4) is 0 Å². The van der Waals surface area contributed by atoms with Gasteiger partial charge in [0.2, 0.25) is 0 Å². The van der Waals surface area contributed by atoms with Gasteiger partial charge >= 0.3 is 0 Å². The Balaban J connectivity index is 2.46. The Morgan fingerprint density at radius 1 is 1.21 bits per heavy atom. The summed E-state index contributed by atoms with van der Waals surface area (Å²) in [6.07, 6.45) is 1.76. The van der Waals surface area contributed by atoms with Crippen molar-refractivity contribution in [3.8, 4) is 11.1 Å². The number of aromatic nitrogens is 1. The highest BCUT2D eigenvalue weighted by molar-refractivity contribution is 6.83. The minimum atomic E-state index is -1.00. The number of rotatable bonds is 5. The highest BCUT2D eigenvalue weighted by Crippen LogP contribution is 2.22. The molecule has 1 aromatic heterocycles. The number of hydrogen-bond donors (Lipinski definition) is 0. The van der Waals surface area contributed by atoms with Crippen LogP contribution in [0.15, 0.2) is 42.6 Å². The maximum atomic E-state index is 11.7. The second-order valence-corrected chi connectivity index (χ2v) is 4.31. The lowest BCUT2D eigenvalue weighted by Crippen LogP contribution is -2.14. The van der Waals surface area contributed by atoms with Crippen LogP contribution in [0.4, 0.5) is 0 Å². The third-order valence-corrected chi connectivity index (χ3v) is 2.85. The molecule has 0 unspecified atom stereocenters. The summed E-state index contributed by atoms with van der Waals surface area (Å²) < 4.78 is 6.56. The van der Waals surface area contributed by atoms with Crippen molar-refractivity contribution < 1.29 is 14.3 Å². The first-order valence-corrected chi connectivity index (χ1v) is 6.00. The number of benzene rings is 1. The molecule has 0 aliphatic rings. The first-order chi connectivity index (χ1) is 9.13. The SMILES string of the molecule is COCn1cc(-c2ccccc2)cc1C(=O)C(=O)Cl. The van der Waals surface area contributed by atoms with Crippen LogP contribution in [0.25, 0.3) is 11.1 Å². The Labute approximate surface area is 115 Å². The van der Waals surface area contributed by atoms with Crippen molar-refractivity contribution in [2.24, 2.45) is 0 Å². The number of Topliss-reactive ketones (excluding diaryl/α,β-unsaturated/α-hetero) is 1. The van der Waals surface area contributed by atoms with Crippen molar-refractivity contribution >= 4 is 22.6 Å². The summed E-state index contributed by atoms with van der Waals surface area (Å²) in [7, 11) is 1.51. The number of ketones is 1. The van der Waals surface area contributed by atoms with Gasteiger partial charge in [0.1, 0.15) is 6.73 Å². The van der Waals surface area contributed by atoms with Gasteiger partial charge in [0.25, 0.3) is 11.0 Å². The van der Waals surface area contributed by atoms with E-state index in [9.17, 15) is 9.59 Å². The van der Waals surface area contributed by atoms with Gasteiger partial charge in [0, 0.05) is 18.9 Å². The second kappa shape index (κ2) is 5.82. The summed E-state index contributed by atoms with van der Waals surface area (Å²) in [6, 6.07) is 11.2. The molecule has 1 aromatic carbocycles. The lowest BCUT2D eigenvalue weighted by atomic mass is 10.1. The van der Waals surface area contributed by atoms with Crippen LogP contribution in [0.1, 0.15) is 10.5 Å². The first kappa shape index (κ1) is 13.5. The molecule has 2 aromatic rings. The number of nitrogens with zero attached hydrogens (tertiary/aromatic N) is 1. The summed E-state index contributed by atoms with van der Waals surface area (Å²) in [6.45, 7) is 0.179. The normalized spacial score (nSPS) is 10.4. The van der Waals surface area contributed by atoms with Gasteiger partial charge in [-0.3, -0.25) is 9.59 Å². The van der Waals surface area contributed by atoms with E-state index >= 15 is 0 Å². The summed E-state index contributed by atoms with van der Waals surface area (Å²) in [5.41, 5.74) is 2.01. The Bertz CT molecular complexity index is 604. The topological polar surface area (TPSA) is 48.3 Å². The molecular formula is C14H12ClNO3. The molecule has 0 saturated heterocycles. The van der Waals surface area contributed by atoms with Gasteiger partial charge in [0.05, 0.1) is 5.69 Å². The summed E-state index contributed by atoms with van der Waals surface area (Å²) >= 11 is 5.25. The molecule has 98 valence electrons. The van der Waals surface area contributed by atoms with Crippen molar-refractivity contribution in [1.29, 1.82) is 0 Å². The van der Waals surface area contributed by atoms with Crippen LogP contribution in [-0.4, -0.2) is 22.7 Å². The van der Waals surface area contributed by atoms with Gasteiger partial charge in [-0.15, -0.1) is 0 Å². The third kappa shape index (κ3) is 2.92. The minimum Gasteiger partial charge on any atom is -0.364 e. The maximum absolute atomic E-state index is 11.7. The molecule has 0 spiro atoms. The van der Waals surface area contributed by atoms with Crippen molar-refractivity contribution in [2.45, 2.75) is 6.73 Å². The molecule has 0 N–H and O–H groups in total. The molecule has 19 heavy (non-hydrogen) atoms. The molecule has 2 rings (SSSR count). The number of carbonyl (C=O) groups is 2. The van der Waals surface area contributed by atoms with E-state index in [1.807, 2.05) is 30.3 Å². The van der Waals surface area contributed by atoms with Gasteiger partial charge in [-0.1, -0.05) is 30.3 Å². The Morgan fingerprint density at radius 3 is 2.47 bits per heavy atom. The number of ether oxygens (including phenoxy) is 1. The zero-order chi connectivity index (χ0) is 13.8.